The van der Waals surface area contributed by atoms with Gasteiger partial charge in [0.15, 0.2) is 5.69 Å². The van der Waals surface area contributed by atoms with Crippen LogP contribution in [0.25, 0.3) is 0 Å². The Labute approximate surface area is 169 Å². The number of aromatic nitrogens is 2. The van der Waals surface area contributed by atoms with Crippen LogP contribution >= 0.6 is 0 Å². The Morgan fingerprint density at radius 1 is 1.31 bits per heavy atom. The number of carboxylic acid groups (broad SMARTS) is 1. The molecule has 0 saturated carbocycles. The maximum absolute atomic E-state index is 12.9. The van der Waals surface area contributed by atoms with Crippen molar-refractivity contribution < 1.29 is 24.2 Å². The first-order valence-corrected chi connectivity index (χ1v) is 9.88. The number of hydrogen-bond acceptors (Lipinski definition) is 5. The van der Waals surface area contributed by atoms with Gasteiger partial charge in [-0.2, -0.15) is 5.10 Å². The molecule has 1 N–H and O–H groups in total. The monoisotopic (exact) mass is 399 g/mol. The molecule has 1 amide bonds. The van der Waals surface area contributed by atoms with Crippen LogP contribution in [0, 0.1) is 5.92 Å². The summed E-state index contributed by atoms with van der Waals surface area (Å²) in [7, 11) is 1.61. The van der Waals surface area contributed by atoms with Gasteiger partial charge in [-0.3, -0.25) is 9.48 Å². The van der Waals surface area contributed by atoms with Gasteiger partial charge >= 0.3 is 5.97 Å². The van der Waals surface area contributed by atoms with Crippen molar-refractivity contribution in [2.75, 3.05) is 26.9 Å². The summed E-state index contributed by atoms with van der Waals surface area (Å²) in [6, 6.07) is 7.64. The number of ether oxygens (including phenoxy) is 2. The van der Waals surface area contributed by atoms with Crippen molar-refractivity contribution in [1.82, 2.24) is 14.7 Å². The van der Waals surface area contributed by atoms with Gasteiger partial charge in [0.2, 0.25) is 5.91 Å². The number of rotatable bonds is 5. The van der Waals surface area contributed by atoms with Gasteiger partial charge in [0, 0.05) is 49.9 Å². The summed E-state index contributed by atoms with van der Waals surface area (Å²) in [5, 5.41) is 14.0. The van der Waals surface area contributed by atoms with Gasteiger partial charge in [-0.05, 0) is 30.5 Å². The summed E-state index contributed by atoms with van der Waals surface area (Å²) in [5.74, 6) is -0.262. The SMILES string of the molecule is COc1cccc(Cn2nc(C(=O)O)c3c2CCN(C(=O)C2CCOCC2)C3)c1. The van der Waals surface area contributed by atoms with Gasteiger partial charge in [0.1, 0.15) is 5.75 Å². The van der Waals surface area contributed by atoms with Crippen LogP contribution in [-0.4, -0.2) is 58.5 Å². The van der Waals surface area contributed by atoms with E-state index in [2.05, 4.69) is 5.10 Å². The third-order valence-corrected chi connectivity index (χ3v) is 5.69. The van der Waals surface area contributed by atoms with Crippen molar-refractivity contribution in [2.24, 2.45) is 5.92 Å². The average Bonchev–Trinajstić information content (AvgIpc) is 3.12. The molecule has 1 aromatic heterocycles. The van der Waals surface area contributed by atoms with Gasteiger partial charge in [0.05, 0.1) is 13.7 Å². The van der Waals surface area contributed by atoms with E-state index in [9.17, 15) is 14.7 Å². The van der Waals surface area contributed by atoms with Crippen LogP contribution in [0.4, 0.5) is 0 Å². The summed E-state index contributed by atoms with van der Waals surface area (Å²) < 4.78 is 12.4. The van der Waals surface area contributed by atoms with Crippen LogP contribution < -0.4 is 4.74 Å². The zero-order valence-corrected chi connectivity index (χ0v) is 16.5. The van der Waals surface area contributed by atoms with E-state index in [-0.39, 0.29) is 17.5 Å². The maximum Gasteiger partial charge on any atom is 0.356 e. The van der Waals surface area contributed by atoms with Gasteiger partial charge in [-0.1, -0.05) is 12.1 Å². The summed E-state index contributed by atoms with van der Waals surface area (Å²) >= 11 is 0. The normalized spacial score (nSPS) is 17.1. The highest BCUT2D eigenvalue weighted by Gasteiger charge is 2.33. The minimum Gasteiger partial charge on any atom is -0.497 e. The summed E-state index contributed by atoms with van der Waals surface area (Å²) in [5.41, 5.74) is 2.55. The lowest BCUT2D eigenvalue weighted by Gasteiger charge is -2.32. The molecule has 0 radical (unpaired) electrons. The number of carbonyl (C=O) groups excluding carboxylic acids is 1. The first-order valence-electron chi connectivity index (χ1n) is 9.88. The third kappa shape index (κ3) is 3.98. The van der Waals surface area contributed by atoms with Crippen LogP contribution in [0.15, 0.2) is 24.3 Å². The molecule has 154 valence electrons. The maximum atomic E-state index is 12.9. The zero-order valence-electron chi connectivity index (χ0n) is 16.5. The lowest BCUT2D eigenvalue weighted by Crippen LogP contribution is -2.41. The Morgan fingerprint density at radius 2 is 2.10 bits per heavy atom. The quantitative estimate of drug-likeness (QED) is 0.826. The van der Waals surface area contributed by atoms with E-state index in [0.29, 0.717) is 44.8 Å². The molecule has 1 saturated heterocycles. The molecule has 1 aromatic carbocycles. The second kappa shape index (κ2) is 8.24. The average molecular weight is 399 g/mol. The van der Waals surface area contributed by atoms with E-state index < -0.39 is 5.97 Å². The molecule has 3 heterocycles. The molecule has 0 bridgehead atoms. The summed E-state index contributed by atoms with van der Waals surface area (Å²) in [4.78, 5) is 26.5. The molecular formula is C21H25N3O5. The molecule has 2 aliphatic rings. The van der Waals surface area contributed by atoms with E-state index in [4.69, 9.17) is 9.47 Å². The van der Waals surface area contributed by atoms with E-state index >= 15 is 0 Å². The lowest BCUT2D eigenvalue weighted by molar-refractivity contribution is -0.139. The van der Waals surface area contributed by atoms with Crippen LogP contribution in [0.5, 0.6) is 5.75 Å². The summed E-state index contributed by atoms with van der Waals surface area (Å²) in [6.07, 6.45) is 2.04. The number of carboxylic acids is 1. The number of amides is 1. The number of fused-ring (bicyclic) bond motifs is 1. The molecule has 0 aliphatic carbocycles. The molecule has 0 unspecified atom stereocenters. The van der Waals surface area contributed by atoms with Gasteiger partial charge < -0.3 is 19.5 Å². The van der Waals surface area contributed by atoms with E-state index in [1.807, 2.05) is 24.3 Å². The molecule has 0 spiro atoms. The van der Waals surface area contributed by atoms with E-state index in [0.717, 1.165) is 29.8 Å². The van der Waals surface area contributed by atoms with Crippen LogP contribution in [0.3, 0.4) is 0 Å². The number of nitrogens with zero attached hydrogens (tertiary/aromatic N) is 3. The van der Waals surface area contributed by atoms with E-state index in [1.165, 1.54) is 0 Å². The number of carbonyl (C=O) groups is 2. The fourth-order valence-corrected chi connectivity index (χ4v) is 4.13. The van der Waals surface area contributed by atoms with Crippen molar-refractivity contribution in [1.29, 1.82) is 0 Å². The highest BCUT2D eigenvalue weighted by Crippen LogP contribution is 2.27. The van der Waals surface area contributed by atoms with E-state index in [1.54, 1.807) is 16.7 Å². The first kappa shape index (κ1) is 19.4. The minimum absolute atomic E-state index is 0.0346. The Bertz CT molecular complexity index is 917. The van der Waals surface area contributed by atoms with Gasteiger partial charge in [0.25, 0.3) is 0 Å². The second-order valence-corrected chi connectivity index (χ2v) is 7.48. The van der Waals surface area contributed by atoms with Crippen molar-refractivity contribution in [2.45, 2.75) is 32.4 Å². The molecule has 4 rings (SSSR count). The highest BCUT2D eigenvalue weighted by atomic mass is 16.5. The lowest BCUT2D eigenvalue weighted by atomic mass is 9.96. The van der Waals surface area contributed by atoms with Crippen molar-refractivity contribution in [3.8, 4) is 5.75 Å². The number of benzene rings is 1. The molecular weight excluding hydrogens is 374 g/mol. The largest absolute Gasteiger partial charge is 0.497 e. The fraction of sp³-hybridized carbons (Fsp3) is 0.476. The molecule has 8 nitrogen and oxygen atoms in total. The molecule has 8 heteroatoms. The van der Waals surface area contributed by atoms with Crippen LogP contribution in [0.1, 0.15) is 40.2 Å². The minimum atomic E-state index is -1.06. The van der Waals surface area contributed by atoms with Gasteiger partial charge in [-0.25, -0.2) is 4.79 Å². The standard InChI is InChI=1S/C21H25N3O5/c1-28-16-4-2-3-14(11-16)12-24-18-5-8-23(13-17(18)19(22-24)21(26)27)20(25)15-6-9-29-10-7-15/h2-4,11,15H,5-10,12-13H2,1H3,(H,26,27). The number of aromatic carboxylic acids is 1. The predicted molar refractivity (Wildman–Crippen MR) is 104 cm³/mol. The molecule has 2 aliphatic heterocycles. The molecule has 29 heavy (non-hydrogen) atoms. The van der Waals surface area contributed by atoms with Crippen molar-refractivity contribution in [3.63, 3.8) is 0 Å². The fourth-order valence-electron chi connectivity index (χ4n) is 4.13. The van der Waals surface area contributed by atoms with Gasteiger partial charge in [-0.15, -0.1) is 0 Å². The number of methoxy groups -OCH3 is 1. The molecule has 0 atom stereocenters. The van der Waals surface area contributed by atoms with Crippen molar-refractivity contribution in [3.05, 3.63) is 46.8 Å². The third-order valence-electron chi connectivity index (χ3n) is 5.69. The first-order chi connectivity index (χ1) is 14.1. The Hall–Kier alpha value is -2.87. The van der Waals surface area contributed by atoms with Crippen LogP contribution in [0.2, 0.25) is 0 Å². The molecule has 2 aromatic rings. The Morgan fingerprint density at radius 3 is 2.83 bits per heavy atom. The van der Waals surface area contributed by atoms with Crippen LogP contribution in [-0.2, 0) is 29.0 Å². The smallest absolute Gasteiger partial charge is 0.356 e. The second-order valence-electron chi connectivity index (χ2n) is 7.48. The summed E-state index contributed by atoms with van der Waals surface area (Å²) in [6.45, 7) is 2.54. The predicted octanol–water partition coefficient (Wildman–Crippen LogP) is 1.95. The molecule has 1 fully saturated rings. The highest BCUT2D eigenvalue weighted by molar-refractivity contribution is 5.88. The van der Waals surface area contributed by atoms with Crippen molar-refractivity contribution >= 4 is 11.9 Å². The Balaban J connectivity index is 1.58. The number of hydrogen-bond donors (Lipinski definition) is 1. The zero-order chi connectivity index (χ0) is 20.4. The Kier molecular flexibility index (Phi) is 5.53. The topological polar surface area (TPSA) is 93.9 Å².